The number of non-ortho nitro benzene ring substituents is 1. The van der Waals surface area contributed by atoms with Gasteiger partial charge in [0, 0.05) is 29.4 Å². The first-order chi connectivity index (χ1) is 12.4. The van der Waals surface area contributed by atoms with Crippen LogP contribution in [0.3, 0.4) is 0 Å². The number of hydrazone groups is 1. The Kier molecular flexibility index (Phi) is 5.83. The van der Waals surface area contributed by atoms with E-state index in [2.05, 4.69) is 10.4 Å². The Morgan fingerprint density at radius 3 is 2.69 bits per heavy atom. The van der Waals surface area contributed by atoms with Gasteiger partial charge in [0.1, 0.15) is 11.5 Å². The van der Waals surface area contributed by atoms with Gasteiger partial charge in [0.25, 0.3) is 5.69 Å². The number of hydrogen-bond donors (Lipinski definition) is 3. The Morgan fingerprint density at radius 2 is 2.00 bits per heavy atom. The summed E-state index contributed by atoms with van der Waals surface area (Å²) in [5.74, 6) is -1.80. The lowest BCUT2D eigenvalue weighted by Crippen LogP contribution is -2.32. The van der Waals surface area contributed by atoms with Crippen molar-refractivity contribution in [3.8, 4) is 11.5 Å². The predicted octanol–water partition coefficient (Wildman–Crippen LogP) is 1.40. The van der Waals surface area contributed by atoms with Crippen molar-refractivity contribution in [2.24, 2.45) is 5.10 Å². The molecule has 2 amide bonds. The van der Waals surface area contributed by atoms with Crippen LogP contribution in [0.1, 0.15) is 5.56 Å². The molecule has 0 aliphatic heterocycles. The molecule has 0 saturated heterocycles. The standard InChI is InChI=1S/C16H14N4O6/c1-26-13-4-2-3-11(8-13)18-15(22)16(23)19-17-9-10-7-12(20(24)25)5-6-14(10)21/h2-9,21H,1H3,(H,18,22)(H,19,23)/b17-9-. The van der Waals surface area contributed by atoms with E-state index in [1.165, 1.54) is 13.2 Å². The highest BCUT2D eigenvalue weighted by Crippen LogP contribution is 2.21. The second-order valence-corrected chi connectivity index (χ2v) is 4.89. The number of nitrogens with one attached hydrogen (secondary N) is 2. The van der Waals surface area contributed by atoms with Crippen molar-refractivity contribution in [3.63, 3.8) is 0 Å². The molecule has 0 aromatic heterocycles. The van der Waals surface area contributed by atoms with E-state index in [-0.39, 0.29) is 17.0 Å². The largest absolute Gasteiger partial charge is 0.507 e. The number of phenolic OH excluding ortho intramolecular Hbond substituents is 1. The molecule has 0 saturated carbocycles. The zero-order chi connectivity index (χ0) is 19.1. The topological polar surface area (TPSA) is 143 Å². The van der Waals surface area contributed by atoms with E-state index in [0.717, 1.165) is 24.4 Å². The van der Waals surface area contributed by atoms with Gasteiger partial charge >= 0.3 is 11.8 Å². The highest BCUT2D eigenvalue weighted by molar-refractivity contribution is 6.39. The third-order valence-corrected chi connectivity index (χ3v) is 3.13. The van der Waals surface area contributed by atoms with Gasteiger partial charge in [0.05, 0.1) is 18.2 Å². The number of anilines is 1. The molecule has 0 radical (unpaired) electrons. The number of rotatable bonds is 5. The number of carbonyl (C=O) groups is 2. The molecule has 0 unspecified atom stereocenters. The molecule has 0 bridgehead atoms. The summed E-state index contributed by atoms with van der Waals surface area (Å²) in [6.45, 7) is 0. The Hall–Kier alpha value is -3.95. The Morgan fingerprint density at radius 1 is 1.23 bits per heavy atom. The Labute approximate surface area is 147 Å². The second-order valence-electron chi connectivity index (χ2n) is 4.89. The van der Waals surface area contributed by atoms with Crippen LogP contribution in [0.5, 0.6) is 11.5 Å². The molecule has 0 fully saturated rings. The predicted molar refractivity (Wildman–Crippen MR) is 92.1 cm³/mol. The molecule has 2 aromatic carbocycles. The summed E-state index contributed by atoms with van der Waals surface area (Å²) in [7, 11) is 1.46. The maximum absolute atomic E-state index is 11.8. The van der Waals surface area contributed by atoms with E-state index < -0.39 is 16.7 Å². The van der Waals surface area contributed by atoms with E-state index in [4.69, 9.17) is 4.74 Å². The van der Waals surface area contributed by atoms with Crippen molar-refractivity contribution < 1.29 is 24.4 Å². The number of nitro groups is 1. The lowest BCUT2D eigenvalue weighted by molar-refractivity contribution is -0.384. The van der Waals surface area contributed by atoms with Gasteiger partial charge in [-0.05, 0) is 18.2 Å². The highest BCUT2D eigenvalue weighted by atomic mass is 16.6. The molecule has 0 aliphatic carbocycles. The number of aromatic hydroxyl groups is 1. The van der Waals surface area contributed by atoms with Gasteiger partial charge in [0.2, 0.25) is 0 Å². The van der Waals surface area contributed by atoms with Crippen molar-refractivity contribution in [1.29, 1.82) is 0 Å². The average molecular weight is 358 g/mol. The van der Waals surface area contributed by atoms with Crippen molar-refractivity contribution in [3.05, 3.63) is 58.1 Å². The lowest BCUT2D eigenvalue weighted by Gasteiger charge is -2.05. The molecule has 10 nitrogen and oxygen atoms in total. The van der Waals surface area contributed by atoms with Crippen LogP contribution < -0.4 is 15.5 Å². The molecule has 2 aromatic rings. The van der Waals surface area contributed by atoms with Crippen LogP contribution in [0, 0.1) is 10.1 Å². The van der Waals surface area contributed by atoms with E-state index >= 15 is 0 Å². The number of methoxy groups -OCH3 is 1. The monoisotopic (exact) mass is 358 g/mol. The van der Waals surface area contributed by atoms with E-state index in [9.17, 15) is 24.8 Å². The normalized spacial score (nSPS) is 10.3. The van der Waals surface area contributed by atoms with Gasteiger partial charge in [-0.2, -0.15) is 5.10 Å². The van der Waals surface area contributed by atoms with Gasteiger partial charge < -0.3 is 15.2 Å². The minimum Gasteiger partial charge on any atom is -0.507 e. The summed E-state index contributed by atoms with van der Waals surface area (Å²) >= 11 is 0. The van der Waals surface area contributed by atoms with E-state index in [1.807, 2.05) is 5.43 Å². The summed E-state index contributed by atoms with van der Waals surface area (Å²) in [4.78, 5) is 33.6. The van der Waals surface area contributed by atoms with Crippen LogP contribution in [-0.4, -0.2) is 35.2 Å². The number of phenols is 1. The fraction of sp³-hybridized carbons (Fsp3) is 0.0625. The Bertz CT molecular complexity index is 881. The molecule has 2 rings (SSSR count). The van der Waals surface area contributed by atoms with Gasteiger partial charge in [-0.25, -0.2) is 5.43 Å². The van der Waals surface area contributed by atoms with E-state index in [0.29, 0.717) is 11.4 Å². The fourth-order valence-corrected chi connectivity index (χ4v) is 1.86. The number of amides is 2. The average Bonchev–Trinajstić information content (AvgIpc) is 2.63. The second kappa shape index (κ2) is 8.24. The molecule has 26 heavy (non-hydrogen) atoms. The molecule has 134 valence electrons. The van der Waals surface area contributed by atoms with Crippen LogP contribution in [0.2, 0.25) is 0 Å². The van der Waals surface area contributed by atoms with Crippen LogP contribution >= 0.6 is 0 Å². The zero-order valence-electron chi connectivity index (χ0n) is 13.5. The van der Waals surface area contributed by atoms with Gasteiger partial charge in [-0.1, -0.05) is 6.07 Å². The van der Waals surface area contributed by atoms with Gasteiger partial charge in [-0.3, -0.25) is 19.7 Å². The molecule has 10 heteroatoms. The molecular formula is C16H14N4O6. The third kappa shape index (κ3) is 4.77. The SMILES string of the molecule is COc1cccc(NC(=O)C(=O)N/N=C\c2cc([N+](=O)[O-])ccc2O)c1. The van der Waals surface area contributed by atoms with Gasteiger partial charge in [0.15, 0.2) is 0 Å². The summed E-state index contributed by atoms with van der Waals surface area (Å²) in [5.41, 5.74) is 2.06. The number of hydrogen-bond acceptors (Lipinski definition) is 7. The quantitative estimate of drug-likeness (QED) is 0.319. The van der Waals surface area contributed by atoms with Gasteiger partial charge in [-0.15, -0.1) is 0 Å². The molecular weight excluding hydrogens is 344 g/mol. The molecule has 0 atom stereocenters. The molecule has 0 spiro atoms. The number of nitro benzene ring substituents is 1. The Balaban J connectivity index is 1.99. The molecule has 0 aliphatic rings. The van der Waals surface area contributed by atoms with Crippen LogP contribution in [0.25, 0.3) is 0 Å². The molecule has 0 heterocycles. The summed E-state index contributed by atoms with van der Waals surface area (Å²) in [6.07, 6.45) is 0.985. The van der Waals surface area contributed by atoms with Crippen molar-refractivity contribution >= 4 is 29.4 Å². The maximum atomic E-state index is 11.8. The van der Waals surface area contributed by atoms with Crippen molar-refractivity contribution in [2.45, 2.75) is 0 Å². The van der Waals surface area contributed by atoms with Crippen molar-refractivity contribution in [2.75, 3.05) is 12.4 Å². The zero-order valence-corrected chi connectivity index (χ0v) is 13.5. The minimum absolute atomic E-state index is 0.00713. The molecule has 3 N–H and O–H groups in total. The fourth-order valence-electron chi connectivity index (χ4n) is 1.86. The van der Waals surface area contributed by atoms with Crippen LogP contribution in [0.4, 0.5) is 11.4 Å². The summed E-state index contributed by atoms with van der Waals surface area (Å²) in [6, 6.07) is 9.71. The third-order valence-electron chi connectivity index (χ3n) is 3.13. The van der Waals surface area contributed by atoms with E-state index in [1.54, 1.807) is 18.2 Å². The van der Waals surface area contributed by atoms with Crippen molar-refractivity contribution in [1.82, 2.24) is 5.43 Å². The maximum Gasteiger partial charge on any atom is 0.329 e. The number of nitrogens with zero attached hydrogens (tertiary/aromatic N) is 2. The minimum atomic E-state index is -1.06. The number of carbonyl (C=O) groups excluding carboxylic acids is 2. The number of ether oxygens (including phenoxy) is 1. The smallest absolute Gasteiger partial charge is 0.329 e. The first kappa shape index (κ1) is 18.4. The summed E-state index contributed by atoms with van der Waals surface area (Å²) in [5, 5.41) is 26.2. The van der Waals surface area contributed by atoms with Crippen LogP contribution in [-0.2, 0) is 9.59 Å². The first-order valence-electron chi connectivity index (χ1n) is 7.16. The van der Waals surface area contributed by atoms with Crippen LogP contribution in [0.15, 0.2) is 47.6 Å². The lowest BCUT2D eigenvalue weighted by atomic mass is 10.2. The highest BCUT2D eigenvalue weighted by Gasteiger charge is 2.13. The first-order valence-corrected chi connectivity index (χ1v) is 7.16. The number of benzene rings is 2. The summed E-state index contributed by atoms with van der Waals surface area (Å²) < 4.78 is 5.00.